The molecule has 4 nitrogen and oxygen atoms in total. The Balaban J connectivity index is 0.00000131. The summed E-state index contributed by atoms with van der Waals surface area (Å²) in [6.07, 6.45) is -0.715. The van der Waals surface area contributed by atoms with Crippen molar-refractivity contribution < 1.29 is 20.4 Å². The fourth-order valence-electron chi connectivity index (χ4n) is 3.35. The Bertz CT molecular complexity index is 672. The third-order valence-corrected chi connectivity index (χ3v) is 4.73. The maximum atomic E-state index is 6.26. The molecule has 0 spiro atoms. The van der Waals surface area contributed by atoms with Crippen molar-refractivity contribution in [1.29, 1.82) is 0 Å². The van der Waals surface area contributed by atoms with Gasteiger partial charge in [0, 0.05) is 5.56 Å². The van der Waals surface area contributed by atoms with Gasteiger partial charge >= 0.3 is 45.5 Å². The third kappa shape index (κ3) is 4.78. The molecular formula is C21H24O4Sr. The third-order valence-electron chi connectivity index (χ3n) is 4.73. The van der Waals surface area contributed by atoms with Gasteiger partial charge in [-0.05, 0) is 5.56 Å². The Morgan fingerprint density at radius 2 is 1.77 bits per heavy atom. The Morgan fingerprint density at radius 1 is 1.08 bits per heavy atom. The molecule has 2 aliphatic rings. The van der Waals surface area contributed by atoms with Gasteiger partial charge in [-0.3, -0.25) is 0 Å². The molecule has 134 valence electrons. The molecule has 5 atom stereocenters. The molecule has 5 heteroatoms. The second-order valence-electron chi connectivity index (χ2n) is 6.61. The summed E-state index contributed by atoms with van der Waals surface area (Å²) < 4.78 is 24.2. The van der Waals surface area contributed by atoms with E-state index in [2.05, 4.69) is 19.1 Å². The van der Waals surface area contributed by atoms with Crippen LogP contribution in [-0.4, -0.2) is 70.4 Å². The van der Waals surface area contributed by atoms with E-state index in [-0.39, 0.29) is 77.4 Å². The Kier molecular flexibility index (Phi) is 7.73. The molecule has 2 aliphatic heterocycles. The standard InChI is InChI=1S/C21H23O4.Sr.H/c1-15-12-22-18-14-24-21(17-10-6-3-7-11-17)25-20(18)19(15)23-13-16-8-4-2-5-9-16;;/h2-12,15,18-21H,13-14H2,1H3;;/q-1;+2;-1/t15?,18?,19-,20+,21?;;/m0../s1. The van der Waals surface area contributed by atoms with Gasteiger partial charge in [-0.1, -0.05) is 67.6 Å². The predicted molar refractivity (Wildman–Crippen MR) is 100 cm³/mol. The molecule has 3 unspecified atom stereocenters. The molecule has 2 aromatic rings. The summed E-state index contributed by atoms with van der Waals surface area (Å²) in [6, 6.07) is 20.2. The molecule has 0 saturated carbocycles. The average Bonchev–Trinajstić information content (AvgIpc) is 2.68. The van der Waals surface area contributed by atoms with Crippen LogP contribution in [0.15, 0.2) is 60.7 Å². The SMILES string of the molecule is CC1[CH-]OC2COC(c3ccccc3)O[C@H]2[C@H]1OCc1ccccc1.[H-].[Sr+2]. The van der Waals surface area contributed by atoms with Crippen molar-refractivity contribution in [2.45, 2.75) is 38.1 Å². The summed E-state index contributed by atoms with van der Waals surface area (Å²) in [5.41, 5.74) is 2.18. The smallest absolute Gasteiger partial charge is 1.00 e. The molecule has 2 saturated heterocycles. The number of ether oxygens (including phenoxy) is 4. The van der Waals surface area contributed by atoms with Crippen molar-refractivity contribution in [2.75, 3.05) is 6.61 Å². The van der Waals surface area contributed by atoms with Crippen LogP contribution in [0.1, 0.15) is 25.8 Å². The van der Waals surface area contributed by atoms with E-state index in [0.29, 0.717) is 13.2 Å². The van der Waals surface area contributed by atoms with Crippen LogP contribution in [0.2, 0.25) is 0 Å². The summed E-state index contributed by atoms with van der Waals surface area (Å²) in [4.78, 5) is 0. The van der Waals surface area contributed by atoms with E-state index in [9.17, 15) is 0 Å². The van der Waals surface area contributed by atoms with E-state index in [1.54, 1.807) is 0 Å². The largest absolute Gasteiger partial charge is 2.00 e. The first-order valence-electron chi connectivity index (χ1n) is 8.77. The maximum Gasteiger partial charge on any atom is 2.00 e. The number of fused-ring (bicyclic) bond motifs is 1. The van der Waals surface area contributed by atoms with E-state index in [0.717, 1.165) is 11.1 Å². The van der Waals surface area contributed by atoms with Crippen molar-refractivity contribution in [2.24, 2.45) is 5.92 Å². The molecule has 2 fully saturated rings. The van der Waals surface area contributed by atoms with Crippen molar-refractivity contribution in [1.82, 2.24) is 0 Å². The summed E-state index contributed by atoms with van der Waals surface area (Å²) >= 11 is 0. The van der Waals surface area contributed by atoms with Crippen molar-refractivity contribution in [3.05, 3.63) is 78.4 Å². The van der Waals surface area contributed by atoms with Gasteiger partial charge in [-0.25, -0.2) is 6.61 Å². The van der Waals surface area contributed by atoms with Gasteiger partial charge in [0.1, 0.15) is 6.10 Å². The van der Waals surface area contributed by atoms with Gasteiger partial charge in [0.25, 0.3) is 0 Å². The Labute approximate surface area is 193 Å². The topological polar surface area (TPSA) is 36.9 Å². The van der Waals surface area contributed by atoms with Crippen LogP contribution in [0.3, 0.4) is 0 Å². The van der Waals surface area contributed by atoms with Gasteiger partial charge < -0.3 is 20.4 Å². The summed E-state index contributed by atoms with van der Waals surface area (Å²) in [5, 5.41) is 0. The molecule has 0 radical (unpaired) electrons. The van der Waals surface area contributed by atoms with Gasteiger partial charge in [-0.15, -0.1) is 5.92 Å². The summed E-state index contributed by atoms with van der Waals surface area (Å²) in [5.74, 6) is 0.152. The van der Waals surface area contributed by atoms with Crippen molar-refractivity contribution >= 4 is 45.5 Å². The zero-order chi connectivity index (χ0) is 17.1. The van der Waals surface area contributed by atoms with E-state index < -0.39 is 0 Å². The number of benzene rings is 2. The normalized spacial score (nSPS) is 30.9. The number of hydrogen-bond acceptors (Lipinski definition) is 4. The molecule has 26 heavy (non-hydrogen) atoms. The van der Waals surface area contributed by atoms with Crippen LogP contribution < -0.4 is 0 Å². The second kappa shape index (κ2) is 9.80. The molecule has 0 amide bonds. The fraction of sp³-hybridized carbons (Fsp3) is 0.381. The first kappa shape index (κ1) is 20.5. The predicted octanol–water partition coefficient (Wildman–Crippen LogP) is 3.61. The summed E-state index contributed by atoms with van der Waals surface area (Å²) in [7, 11) is 0. The van der Waals surface area contributed by atoms with Crippen molar-refractivity contribution in [3.8, 4) is 0 Å². The van der Waals surface area contributed by atoms with E-state index >= 15 is 0 Å². The van der Waals surface area contributed by atoms with Crippen LogP contribution in [-0.2, 0) is 25.6 Å². The number of hydrogen-bond donors (Lipinski definition) is 0. The molecular weight excluding hydrogens is 404 g/mol. The van der Waals surface area contributed by atoms with E-state index in [1.165, 1.54) is 0 Å². The molecule has 4 rings (SSSR count). The first-order valence-corrected chi connectivity index (χ1v) is 8.77. The van der Waals surface area contributed by atoms with Crippen LogP contribution in [0.4, 0.5) is 0 Å². The minimum atomic E-state index is -0.376. The monoisotopic (exact) mass is 428 g/mol. The van der Waals surface area contributed by atoms with Crippen LogP contribution in [0.25, 0.3) is 0 Å². The van der Waals surface area contributed by atoms with Gasteiger partial charge in [0.15, 0.2) is 6.29 Å². The minimum absolute atomic E-state index is 0. The molecule has 2 heterocycles. The first-order chi connectivity index (χ1) is 12.3. The van der Waals surface area contributed by atoms with E-state index in [4.69, 9.17) is 18.9 Å². The van der Waals surface area contributed by atoms with Crippen LogP contribution >= 0.6 is 0 Å². The van der Waals surface area contributed by atoms with Crippen LogP contribution in [0, 0.1) is 12.5 Å². The zero-order valence-electron chi connectivity index (χ0n) is 16.0. The second-order valence-corrected chi connectivity index (χ2v) is 6.61. The van der Waals surface area contributed by atoms with Gasteiger partial charge in [-0.2, -0.15) is 0 Å². The Hall–Kier alpha value is -0.239. The van der Waals surface area contributed by atoms with Crippen LogP contribution in [0.5, 0.6) is 0 Å². The minimum Gasteiger partial charge on any atom is -1.00 e. The fourth-order valence-corrected chi connectivity index (χ4v) is 3.35. The van der Waals surface area contributed by atoms with Gasteiger partial charge in [0.05, 0.1) is 25.4 Å². The van der Waals surface area contributed by atoms with Gasteiger partial charge in [0.2, 0.25) is 0 Å². The Morgan fingerprint density at radius 3 is 2.50 bits per heavy atom. The maximum absolute atomic E-state index is 6.26. The molecule has 0 aromatic heterocycles. The molecule has 0 bridgehead atoms. The molecule has 2 aromatic carbocycles. The average molecular weight is 428 g/mol. The quantitative estimate of drug-likeness (QED) is 0.551. The van der Waals surface area contributed by atoms with E-state index in [1.807, 2.05) is 55.1 Å². The zero-order valence-corrected chi connectivity index (χ0v) is 18.5. The number of rotatable bonds is 4. The molecule has 0 N–H and O–H groups in total. The molecule has 0 aliphatic carbocycles. The van der Waals surface area contributed by atoms with Crippen molar-refractivity contribution in [3.63, 3.8) is 0 Å². The summed E-state index contributed by atoms with van der Waals surface area (Å²) in [6.45, 7) is 5.01.